The Bertz CT molecular complexity index is 892. The van der Waals surface area contributed by atoms with E-state index in [4.69, 9.17) is 23.2 Å². The van der Waals surface area contributed by atoms with Crippen molar-refractivity contribution < 1.29 is 9.59 Å². The standard InChI is InChI=1S/C24H30Cl2N2O2/c1-15(2)13-27-24(30)18(5)28(14-20-21(25)7-6-8-22(20)26)23(29)12-19-10-9-16(3)17(4)11-19/h6-11,15,18H,12-14H2,1-5H3,(H,27,30)/t18-/m0/s1. The van der Waals surface area contributed by atoms with Crippen molar-refractivity contribution in [1.29, 1.82) is 0 Å². The Labute approximate surface area is 189 Å². The topological polar surface area (TPSA) is 49.4 Å². The van der Waals surface area contributed by atoms with E-state index in [1.165, 1.54) is 5.56 Å². The minimum Gasteiger partial charge on any atom is -0.354 e. The summed E-state index contributed by atoms with van der Waals surface area (Å²) in [4.78, 5) is 27.6. The Hall–Kier alpha value is -2.04. The molecule has 2 aromatic rings. The molecular weight excluding hydrogens is 419 g/mol. The van der Waals surface area contributed by atoms with Crippen LogP contribution in [-0.2, 0) is 22.6 Å². The van der Waals surface area contributed by atoms with Crippen LogP contribution in [0, 0.1) is 19.8 Å². The van der Waals surface area contributed by atoms with E-state index < -0.39 is 6.04 Å². The predicted molar refractivity (Wildman–Crippen MR) is 124 cm³/mol. The lowest BCUT2D eigenvalue weighted by Crippen LogP contribution is -2.48. The van der Waals surface area contributed by atoms with Crippen LogP contribution in [0.2, 0.25) is 10.0 Å². The SMILES string of the molecule is Cc1ccc(CC(=O)N(Cc2c(Cl)cccc2Cl)[C@@H](C)C(=O)NCC(C)C)cc1C. The highest BCUT2D eigenvalue weighted by Gasteiger charge is 2.27. The Morgan fingerprint density at radius 1 is 1.00 bits per heavy atom. The molecule has 0 aromatic heterocycles. The average molecular weight is 449 g/mol. The number of hydrogen-bond donors (Lipinski definition) is 1. The van der Waals surface area contributed by atoms with Crippen molar-refractivity contribution in [2.45, 2.75) is 53.6 Å². The molecule has 0 saturated heterocycles. The molecule has 30 heavy (non-hydrogen) atoms. The summed E-state index contributed by atoms with van der Waals surface area (Å²) in [6.45, 7) is 10.6. The van der Waals surface area contributed by atoms with Gasteiger partial charge in [0.25, 0.3) is 0 Å². The summed E-state index contributed by atoms with van der Waals surface area (Å²) in [5, 5.41) is 3.86. The monoisotopic (exact) mass is 448 g/mol. The van der Waals surface area contributed by atoms with Crippen LogP contribution in [0.1, 0.15) is 43.0 Å². The number of nitrogens with one attached hydrogen (secondary N) is 1. The van der Waals surface area contributed by atoms with Crippen LogP contribution >= 0.6 is 23.2 Å². The van der Waals surface area contributed by atoms with Crippen LogP contribution in [-0.4, -0.2) is 29.3 Å². The lowest BCUT2D eigenvalue weighted by atomic mass is 10.0. The molecule has 0 radical (unpaired) electrons. The van der Waals surface area contributed by atoms with Crippen molar-refractivity contribution in [3.63, 3.8) is 0 Å². The van der Waals surface area contributed by atoms with Crippen LogP contribution in [0.3, 0.4) is 0 Å². The molecule has 1 atom stereocenters. The molecule has 2 amide bonds. The molecule has 0 saturated carbocycles. The second-order valence-corrected chi connectivity index (χ2v) is 8.95. The highest BCUT2D eigenvalue weighted by molar-refractivity contribution is 6.36. The second-order valence-electron chi connectivity index (χ2n) is 8.13. The maximum atomic E-state index is 13.3. The molecule has 0 aliphatic rings. The van der Waals surface area contributed by atoms with Crippen LogP contribution in [0.15, 0.2) is 36.4 Å². The summed E-state index contributed by atoms with van der Waals surface area (Å²) in [5.74, 6) is -0.0272. The summed E-state index contributed by atoms with van der Waals surface area (Å²) in [7, 11) is 0. The number of carbonyl (C=O) groups excluding carboxylic acids is 2. The Balaban J connectivity index is 2.30. The molecule has 0 aliphatic carbocycles. The van der Waals surface area contributed by atoms with E-state index in [0.717, 1.165) is 11.1 Å². The van der Waals surface area contributed by atoms with Crippen molar-refractivity contribution >= 4 is 35.0 Å². The first-order valence-corrected chi connectivity index (χ1v) is 10.9. The van der Waals surface area contributed by atoms with Gasteiger partial charge in [-0.1, -0.05) is 61.3 Å². The molecule has 4 nitrogen and oxygen atoms in total. The molecular formula is C24H30Cl2N2O2. The van der Waals surface area contributed by atoms with E-state index in [0.29, 0.717) is 28.1 Å². The van der Waals surface area contributed by atoms with Crippen LogP contribution in [0.5, 0.6) is 0 Å². The van der Waals surface area contributed by atoms with E-state index in [2.05, 4.69) is 5.32 Å². The van der Waals surface area contributed by atoms with Crippen molar-refractivity contribution in [2.24, 2.45) is 5.92 Å². The average Bonchev–Trinajstić information content (AvgIpc) is 2.68. The fourth-order valence-electron chi connectivity index (χ4n) is 3.08. The molecule has 2 aromatic carbocycles. The first kappa shape index (κ1) is 24.2. The molecule has 0 unspecified atom stereocenters. The van der Waals surface area contributed by atoms with Gasteiger partial charge in [-0.05, 0) is 55.5 Å². The number of halogens is 2. The summed E-state index contributed by atoms with van der Waals surface area (Å²) >= 11 is 12.7. The summed E-state index contributed by atoms with van der Waals surface area (Å²) in [6.07, 6.45) is 0.199. The summed E-state index contributed by atoms with van der Waals surface area (Å²) in [6, 6.07) is 10.5. The van der Waals surface area contributed by atoms with Crippen molar-refractivity contribution in [3.05, 3.63) is 68.7 Å². The minimum atomic E-state index is -0.657. The van der Waals surface area contributed by atoms with Gasteiger partial charge in [-0.2, -0.15) is 0 Å². The quantitative estimate of drug-likeness (QED) is 0.591. The molecule has 0 bridgehead atoms. The summed E-state index contributed by atoms with van der Waals surface area (Å²) in [5.41, 5.74) is 3.85. The number of benzene rings is 2. The van der Waals surface area contributed by atoms with Gasteiger partial charge in [0.2, 0.25) is 11.8 Å². The fourth-order valence-corrected chi connectivity index (χ4v) is 3.60. The van der Waals surface area contributed by atoms with E-state index in [1.807, 2.05) is 45.9 Å². The van der Waals surface area contributed by atoms with E-state index in [-0.39, 0.29) is 24.8 Å². The Kier molecular flexibility index (Phi) is 8.75. The highest BCUT2D eigenvalue weighted by Crippen LogP contribution is 2.27. The number of hydrogen-bond acceptors (Lipinski definition) is 2. The number of nitrogens with zero attached hydrogens (tertiary/aromatic N) is 1. The second kappa shape index (κ2) is 10.8. The summed E-state index contributed by atoms with van der Waals surface area (Å²) < 4.78 is 0. The number of rotatable bonds is 8. The van der Waals surface area contributed by atoms with Gasteiger partial charge >= 0.3 is 0 Å². The maximum Gasteiger partial charge on any atom is 0.242 e. The third kappa shape index (κ3) is 6.48. The Morgan fingerprint density at radius 2 is 1.63 bits per heavy atom. The third-order valence-electron chi connectivity index (χ3n) is 5.17. The minimum absolute atomic E-state index is 0.151. The molecule has 1 N–H and O–H groups in total. The number of aryl methyl sites for hydroxylation is 2. The van der Waals surface area contributed by atoms with Gasteiger partial charge in [-0.3, -0.25) is 9.59 Å². The van der Waals surface area contributed by atoms with Gasteiger partial charge in [-0.25, -0.2) is 0 Å². The zero-order chi connectivity index (χ0) is 22.4. The third-order valence-corrected chi connectivity index (χ3v) is 5.88. The zero-order valence-electron chi connectivity index (χ0n) is 18.3. The molecule has 0 fully saturated rings. The molecule has 162 valence electrons. The number of amides is 2. The van der Waals surface area contributed by atoms with E-state index in [1.54, 1.807) is 30.0 Å². The van der Waals surface area contributed by atoms with Crippen LogP contribution in [0.25, 0.3) is 0 Å². The van der Waals surface area contributed by atoms with Gasteiger partial charge < -0.3 is 10.2 Å². The van der Waals surface area contributed by atoms with Crippen LogP contribution < -0.4 is 5.32 Å². The fraction of sp³-hybridized carbons (Fsp3) is 0.417. The maximum absolute atomic E-state index is 13.3. The smallest absolute Gasteiger partial charge is 0.242 e. The van der Waals surface area contributed by atoms with Crippen molar-refractivity contribution in [2.75, 3.05) is 6.54 Å². The molecule has 0 spiro atoms. The molecule has 2 rings (SSSR count). The predicted octanol–water partition coefficient (Wildman–Crippen LogP) is 5.34. The lowest BCUT2D eigenvalue weighted by Gasteiger charge is -2.30. The zero-order valence-corrected chi connectivity index (χ0v) is 19.8. The molecule has 6 heteroatoms. The van der Waals surface area contributed by atoms with E-state index in [9.17, 15) is 9.59 Å². The largest absolute Gasteiger partial charge is 0.354 e. The number of carbonyl (C=O) groups is 2. The normalized spacial score (nSPS) is 12.0. The first-order valence-electron chi connectivity index (χ1n) is 10.2. The van der Waals surface area contributed by atoms with Gasteiger partial charge in [0.05, 0.1) is 6.42 Å². The van der Waals surface area contributed by atoms with Crippen LogP contribution in [0.4, 0.5) is 0 Å². The first-order chi connectivity index (χ1) is 14.1. The van der Waals surface area contributed by atoms with Crippen molar-refractivity contribution in [3.8, 4) is 0 Å². The van der Waals surface area contributed by atoms with Gasteiger partial charge in [0, 0.05) is 28.7 Å². The van der Waals surface area contributed by atoms with Gasteiger partial charge in [0.15, 0.2) is 0 Å². The lowest BCUT2D eigenvalue weighted by molar-refractivity contribution is -0.140. The molecule has 0 aliphatic heterocycles. The Morgan fingerprint density at radius 3 is 2.20 bits per heavy atom. The van der Waals surface area contributed by atoms with Gasteiger partial charge in [0.1, 0.15) is 6.04 Å². The molecule has 0 heterocycles. The van der Waals surface area contributed by atoms with Gasteiger partial charge in [-0.15, -0.1) is 0 Å². The van der Waals surface area contributed by atoms with E-state index >= 15 is 0 Å². The highest BCUT2D eigenvalue weighted by atomic mass is 35.5. The van der Waals surface area contributed by atoms with Crippen molar-refractivity contribution in [1.82, 2.24) is 10.2 Å².